The van der Waals surface area contributed by atoms with E-state index in [1.165, 1.54) is 17.9 Å². The minimum atomic E-state index is -1.55. The maximum Gasteiger partial charge on any atom is 0.409 e. The normalized spacial score (nSPS) is 13.7. The number of nitrogens with zero attached hydrogens (tertiary/aromatic N) is 1. The zero-order chi connectivity index (χ0) is 24.7. The molecule has 3 rings (SSSR count). The number of ether oxygens (including phenoxy) is 2. The molecule has 0 saturated carbocycles. The minimum Gasteiger partial charge on any atom is -0.480 e. The molecule has 0 saturated heterocycles. The second kappa shape index (κ2) is 10.9. The molecule has 2 aromatic rings. The summed E-state index contributed by atoms with van der Waals surface area (Å²) < 4.78 is 10.4. The molecule has 8 heteroatoms. The van der Waals surface area contributed by atoms with Crippen molar-refractivity contribution >= 4 is 18.2 Å². The van der Waals surface area contributed by atoms with Crippen LogP contribution in [0, 0.1) is 0 Å². The predicted molar refractivity (Wildman–Crippen MR) is 128 cm³/mol. The number of aliphatic carboxylic acids is 1. The van der Waals surface area contributed by atoms with E-state index in [-0.39, 0.29) is 32.1 Å². The zero-order valence-corrected chi connectivity index (χ0v) is 19.5. The summed E-state index contributed by atoms with van der Waals surface area (Å²) in [7, 11) is 1.56. The van der Waals surface area contributed by atoms with Gasteiger partial charge in [0.15, 0.2) is 0 Å². The molecule has 2 N–H and O–H groups in total. The highest BCUT2D eigenvalue weighted by Crippen LogP contribution is 2.44. The number of hydrogen-bond donors (Lipinski definition) is 2. The average molecular weight is 467 g/mol. The first kappa shape index (κ1) is 24.8. The van der Waals surface area contributed by atoms with E-state index in [4.69, 9.17) is 9.47 Å². The molecule has 0 fully saturated rings. The van der Waals surface area contributed by atoms with Gasteiger partial charge in [-0.1, -0.05) is 61.2 Å². The Bertz CT molecular complexity index is 1020. The van der Waals surface area contributed by atoms with E-state index in [2.05, 4.69) is 11.9 Å². The molecule has 8 nitrogen and oxygen atoms in total. The summed E-state index contributed by atoms with van der Waals surface area (Å²) in [6, 6.07) is 16.0. The highest BCUT2D eigenvalue weighted by molar-refractivity contribution is 5.84. The Morgan fingerprint density at radius 3 is 2.24 bits per heavy atom. The number of alkyl carbamates (subject to hydrolysis) is 1. The summed E-state index contributed by atoms with van der Waals surface area (Å²) in [5.74, 6) is -1.30. The Labute approximate surface area is 199 Å². The van der Waals surface area contributed by atoms with E-state index in [9.17, 15) is 19.5 Å². The van der Waals surface area contributed by atoms with Gasteiger partial charge in [-0.05, 0) is 42.0 Å². The van der Waals surface area contributed by atoms with Gasteiger partial charge in [0.05, 0.1) is 0 Å². The Balaban J connectivity index is 1.57. The van der Waals surface area contributed by atoms with Gasteiger partial charge >= 0.3 is 18.2 Å². The van der Waals surface area contributed by atoms with Gasteiger partial charge in [0.25, 0.3) is 0 Å². The monoisotopic (exact) mass is 466 g/mol. The quantitative estimate of drug-likeness (QED) is 0.503. The maximum absolute atomic E-state index is 12.6. The van der Waals surface area contributed by atoms with Crippen molar-refractivity contribution in [2.45, 2.75) is 31.2 Å². The van der Waals surface area contributed by atoms with Crippen LogP contribution < -0.4 is 5.32 Å². The van der Waals surface area contributed by atoms with Crippen LogP contribution >= 0.6 is 0 Å². The van der Waals surface area contributed by atoms with Crippen molar-refractivity contribution in [2.75, 3.05) is 26.8 Å². The molecule has 34 heavy (non-hydrogen) atoms. The molecule has 0 aliphatic heterocycles. The third kappa shape index (κ3) is 5.57. The van der Waals surface area contributed by atoms with Crippen LogP contribution in [0.25, 0.3) is 11.1 Å². The van der Waals surface area contributed by atoms with Crippen LogP contribution in [0.1, 0.15) is 36.8 Å². The van der Waals surface area contributed by atoms with Crippen molar-refractivity contribution in [1.29, 1.82) is 0 Å². The Morgan fingerprint density at radius 2 is 1.68 bits per heavy atom. The number of carbonyl (C=O) groups is 3. The number of fused-ring (bicyclic) bond motifs is 3. The molecule has 180 valence electrons. The summed E-state index contributed by atoms with van der Waals surface area (Å²) in [5, 5.41) is 12.2. The lowest BCUT2D eigenvalue weighted by Gasteiger charge is -2.27. The molecule has 0 bridgehead atoms. The highest BCUT2D eigenvalue weighted by atomic mass is 16.6. The van der Waals surface area contributed by atoms with Crippen molar-refractivity contribution in [3.05, 3.63) is 72.3 Å². The zero-order valence-electron chi connectivity index (χ0n) is 19.5. The summed E-state index contributed by atoms with van der Waals surface area (Å²) >= 11 is 0. The van der Waals surface area contributed by atoms with E-state index in [0.717, 1.165) is 22.3 Å². The number of hydrogen-bond acceptors (Lipinski definition) is 5. The Hall–Kier alpha value is -3.81. The van der Waals surface area contributed by atoms with Crippen molar-refractivity contribution in [3.63, 3.8) is 0 Å². The van der Waals surface area contributed by atoms with E-state index in [1.54, 1.807) is 7.05 Å². The van der Waals surface area contributed by atoms with Crippen molar-refractivity contribution in [3.8, 4) is 11.1 Å². The number of amides is 2. The summed E-state index contributed by atoms with van der Waals surface area (Å²) in [5.41, 5.74) is 2.82. The van der Waals surface area contributed by atoms with Crippen LogP contribution in [-0.4, -0.2) is 60.5 Å². The predicted octanol–water partition coefficient (Wildman–Crippen LogP) is 4.40. The second-order valence-corrected chi connectivity index (χ2v) is 8.48. The summed E-state index contributed by atoms with van der Waals surface area (Å²) in [4.78, 5) is 37.6. The Morgan fingerprint density at radius 1 is 1.09 bits per heavy atom. The smallest absolute Gasteiger partial charge is 0.409 e. The first-order valence-corrected chi connectivity index (χ1v) is 11.1. The van der Waals surface area contributed by atoms with E-state index in [1.807, 2.05) is 48.5 Å². The third-order valence-electron chi connectivity index (χ3n) is 6.00. The van der Waals surface area contributed by atoms with Crippen LogP contribution in [-0.2, 0) is 14.3 Å². The van der Waals surface area contributed by atoms with Gasteiger partial charge in [0.2, 0.25) is 0 Å². The maximum atomic E-state index is 12.6. The van der Waals surface area contributed by atoms with Crippen molar-refractivity contribution in [2.24, 2.45) is 0 Å². The molecule has 2 aromatic carbocycles. The van der Waals surface area contributed by atoms with Crippen LogP contribution in [0.15, 0.2) is 61.2 Å². The number of benzene rings is 2. The first-order valence-electron chi connectivity index (χ1n) is 11.1. The van der Waals surface area contributed by atoms with E-state index < -0.39 is 23.7 Å². The van der Waals surface area contributed by atoms with Gasteiger partial charge in [-0.3, -0.25) is 0 Å². The number of carboxylic acid groups (broad SMARTS) is 1. The standard InChI is InChI=1S/C26H30N2O6/c1-4-16-33-25(32)28(3)15-9-14-26(2,23(29)30)27-24(31)34-17-22-20-12-7-5-10-18(20)19-11-6-8-13-21(19)22/h4-8,10-13,22H,1,9,14-17H2,2-3H3,(H,27,31)(H,29,30)/t26-/m1/s1. The topological polar surface area (TPSA) is 105 Å². The average Bonchev–Trinajstić information content (AvgIpc) is 3.14. The minimum absolute atomic E-state index is 0.0907. The molecule has 2 amide bonds. The lowest BCUT2D eigenvalue weighted by atomic mass is 9.96. The molecule has 1 aliphatic carbocycles. The summed E-state index contributed by atoms with van der Waals surface area (Å²) in [6.45, 7) is 5.36. The number of nitrogens with one attached hydrogen (secondary N) is 1. The first-order chi connectivity index (χ1) is 16.3. The molecular formula is C26H30N2O6. The molecule has 0 heterocycles. The molecule has 1 aliphatic rings. The molecular weight excluding hydrogens is 436 g/mol. The SMILES string of the molecule is C=CCOC(=O)N(C)CCC[C@@](C)(NC(=O)OCC1c2ccccc2-c2ccccc21)C(=O)O. The molecule has 0 unspecified atom stereocenters. The lowest BCUT2D eigenvalue weighted by Crippen LogP contribution is -2.52. The third-order valence-corrected chi connectivity index (χ3v) is 6.00. The highest BCUT2D eigenvalue weighted by Gasteiger charge is 2.36. The second-order valence-electron chi connectivity index (χ2n) is 8.48. The van der Waals surface area contributed by atoms with Gasteiger partial charge in [-0.2, -0.15) is 0 Å². The number of carboxylic acids is 1. The van der Waals surface area contributed by atoms with Crippen LogP contribution in [0.5, 0.6) is 0 Å². The molecule has 1 atom stereocenters. The van der Waals surface area contributed by atoms with Gasteiger partial charge in [0, 0.05) is 19.5 Å². The van der Waals surface area contributed by atoms with Gasteiger partial charge in [-0.15, -0.1) is 0 Å². The van der Waals surface area contributed by atoms with Gasteiger partial charge in [0.1, 0.15) is 18.8 Å². The van der Waals surface area contributed by atoms with E-state index in [0.29, 0.717) is 6.42 Å². The van der Waals surface area contributed by atoms with Crippen molar-refractivity contribution in [1.82, 2.24) is 10.2 Å². The molecule has 0 aromatic heterocycles. The fourth-order valence-electron chi connectivity index (χ4n) is 4.08. The van der Waals surface area contributed by atoms with Crippen LogP contribution in [0.3, 0.4) is 0 Å². The fourth-order valence-corrected chi connectivity index (χ4v) is 4.08. The molecule has 0 spiro atoms. The van der Waals surface area contributed by atoms with Crippen LogP contribution in [0.4, 0.5) is 9.59 Å². The number of carbonyl (C=O) groups excluding carboxylic acids is 2. The summed E-state index contributed by atoms with van der Waals surface area (Å²) in [6.07, 6.45) is 0.579. The van der Waals surface area contributed by atoms with Gasteiger partial charge < -0.3 is 24.8 Å². The largest absolute Gasteiger partial charge is 0.480 e. The van der Waals surface area contributed by atoms with E-state index >= 15 is 0 Å². The number of rotatable bonds is 10. The fraction of sp³-hybridized carbons (Fsp3) is 0.346. The Kier molecular flexibility index (Phi) is 7.94. The van der Waals surface area contributed by atoms with Crippen LogP contribution in [0.2, 0.25) is 0 Å². The van der Waals surface area contributed by atoms with Gasteiger partial charge in [-0.25, -0.2) is 14.4 Å². The molecule has 0 radical (unpaired) electrons. The lowest BCUT2D eigenvalue weighted by molar-refractivity contribution is -0.144. The van der Waals surface area contributed by atoms with Crippen molar-refractivity contribution < 1.29 is 29.0 Å².